The van der Waals surface area contributed by atoms with Crippen LogP contribution in [-0.2, 0) is 27.2 Å². The minimum absolute atomic E-state index is 0.260. The summed E-state index contributed by atoms with van der Waals surface area (Å²) < 4.78 is 21.8. The maximum Gasteiger partial charge on any atom is 0.410 e. The number of carbonyl (C=O) groups excluding carboxylic acids is 2. The number of hydrogen-bond acceptors (Lipinski definition) is 4. The summed E-state index contributed by atoms with van der Waals surface area (Å²) in [6.45, 7) is 3.59. The standard InChI is InChI=1S/C12H14FNO2.C2H4O2/c1-2-16-12(15)14-6-5-9-3-4-11(13)7-10(9)8-14;1-4-2-3/h3-4,7H,2,5-6,8H2,1H3;2H,1H3. The zero-order valence-corrected chi connectivity index (χ0v) is 11.6. The third kappa shape index (κ3) is 4.53. The van der Waals surface area contributed by atoms with E-state index in [1.807, 2.05) is 0 Å². The molecule has 6 heteroatoms. The van der Waals surface area contributed by atoms with E-state index < -0.39 is 0 Å². The number of rotatable bonds is 2. The predicted octanol–water partition coefficient (Wildman–Crippen LogP) is 2.13. The first-order valence-electron chi connectivity index (χ1n) is 6.27. The molecule has 1 aromatic rings. The minimum atomic E-state index is -0.322. The maximum absolute atomic E-state index is 13.0. The summed E-state index contributed by atoms with van der Waals surface area (Å²) >= 11 is 0. The fraction of sp³-hybridized carbons (Fsp3) is 0.429. The van der Waals surface area contributed by atoms with Gasteiger partial charge in [-0.15, -0.1) is 0 Å². The molecule has 0 saturated heterocycles. The van der Waals surface area contributed by atoms with Gasteiger partial charge in [-0.25, -0.2) is 9.18 Å². The Kier molecular flexibility index (Phi) is 6.49. The van der Waals surface area contributed by atoms with Crippen LogP contribution in [-0.4, -0.2) is 37.7 Å². The molecular formula is C14H18FNO4. The zero-order valence-electron chi connectivity index (χ0n) is 11.6. The first kappa shape index (κ1) is 15.9. The van der Waals surface area contributed by atoms with E-state index in [4.69, 9.17) is 9.53 Å². The van der Waals surface area contributed by atoms with Crippen molar-refractivity contribution in [2.24, 2.45) is 0 Å². The number of amides is 1. The van der Waals surface area contributed by atoms with Crippen LogP contribution in [0.4, 0.5) is 9.18 Å². The van der Waals surface area contributed by atoms with Crippen molar-refractivity contribution < 1.29 is 23.5 Å². The van der Waals surface area contributed by atoms with Crippen LogP contribution in [0.2, 0.25) is 0 Å². The van der Waals surface area contributed by atoms with E-state index in [1.165, 1.54) is 19.2 Å². The molecule has 1 aromatic carbocycles. The van der Waals surface area contributed by atoms with Gasteiger partial charge >= 0.3 is 6.09 Å². The lowest BCUT2D eigenvalue weighted by Crippen LogP contribution is -2.36. The third-order valence-electron chi connectivity index (χ3n) is 2.80. The Morgan fingerprint density at radius 1 is 1.45 bits per heavy atom. The monoisotopic (exact) mass is 283 g/mol. The summed E-state index contributed by atoms with van der Waals surface area (Å²) in [6, 6.07) is 4.73. The second kappa shape index (κ2) is 8.14. The van der Waals surface area contributed by atoms with Crippen LogP contribution in [0.25, 0.3) is 0 Å². The Labute approximate surface area is 117 Å². The highest BCUT2D eigenvalue weighted by atomic mass is 19.1. The Balaban J connectivity index is 0.000000444. The van der Waals surface area contributed by atoms with Gasteiger partial charge in [0, 0.05) is 13.1 Å². The number of nitrogens with zero attached hydrogens (tertiary/aromatic N) is 1. The van der Waals surface area contributed by atoms with Gasteiger partial charge in [-0.1, -0.05) is 6.07 Å². The number of ether oxygens (including phenoxy) is 2. The average molecular weight is 283 g/mol. The number of fused-ring (bicyclic) bond motifs is 1. The first-order valence-corrected chi connectivity index (χ1v) is 6.27. The van der Waals surface area contributed by atoms with Crippen molar-refractivity contribution in [3.05, 3.63) is 35.1 Å². The van der Waals surface area contributed by atoms with Crippen molar-refractivity contribution in [3.8, 4) is 0 Å². The summed E-state index contributed by atoms with van der Waals surface area (Å²) in [4.78, 5) is 22.1. The normalized spacial score (nSPS) is 12.7. The fourth-order valence-corrected chi connectivity index (χ4v) is 1.90. The number of methoxy groups -OCH3 is 1. The van der Waals surface area contributed by atoms with Gasteiger partial charge in [-0.2, -0.15) is 0 Å². The highest BCUT2D eigenvalue weighted by molar-refractivity contribution is 5.68. The van der Waals surface area contributed by atoms with Gasteiger partial charge < -0.3 is 14.4 Å². The molecule has 0 aliphatic carbocycles. The number of benzene rings is 1. The summed E-state index contributed by atoms with van der Waals surface area (Å²) in [6.07, 6.45) is 0.437. The van der Waals surface area contributed by atoms with Crippen LogP contribution in [0.15, 0.2) is 18.2 Å². The molecule has 0 N–H and O–H groups in total. The molecule has 20 heavy (non-hydrogen) atoms. The number of halogens is 1. The number of hydrogen-bond donors (Lipinski definition) is 0. The molecule has 5 nitrogen and oxygen atoms in total. The molecule has 0 unspecified atom stereocenters. The molecular weight excluding hydrogens is 265 g/mol. The molecule has 0 radical (unpaired) electrons. The number of carbonyl (C=O) groups is 2. The lowest BCUT2D eigenvalue weighted by molar-refractivity contribution is -0.126. The van der Waals surface area contributed by atoms with Gasteiger partial charge in [0.2, 0.25) is 0 Å². The van der Waals surface area contributed by atoms with Gasteiger partial charge in [0.25, 0.3) is 6.47 Å². The Bertz CT molecular complexity index is 464. The lowest BCUT2D eigenvalue weighted by atomic mass is 10.00. The minimum Gasteiger partial charge on any atom is -0.471 e. The molecule has 0 aromatic heterocycles. The van der Waals surface area contributed by atoms with E-state index in [1.54, 1.807) is 17.9 Å². The van der Waals surface area contributed by atoms with E-state index in [9.17, 15) is 9.18 Å². The molecule has 0 fully saturated rings. The fourth-order valence-electron chi connectivity index (χ4n) is 1.90. The second-order valence-corrected chi connectivity index (χ2v) is 4.12. The second-order valence-electron chi connectivity index (χ2n) is 4.12. The van der Waals surface area contributed by atoms with Gasteiger partial charge in [0.1, 0.15) is 5.82 Å². The quantitative estimate of drug-likeness (QED) is 0.780. The highest BCUT2D eigenvalue weighted by Gasteiger charge is 2.21. The molecule has 0 saturated carbocycles. The summed E-state index contributed by atoms with van der Waals surface area (Å²) in [5.74, 6) is -0.260. The van der Waals surface area contributed by atoms with E-state index in [0.29, 0.717) is 26.2 Å². The summed E-state index contributed by atoms with van der Waals surface area (Å²) in [5.41, 5.74) is 1.99. The van der Waals surface area contributed by atoms with Gasteiger partial charge in [0.15, 0.2) is 0 Å². The Morgan fingerprint density at radius 2 is 2.15 bits per heavy atom. The van der Waals surface area contributed by atoms with Crippen LogP contribution in [0.5, 0.6) is 0 Å². The molecule has 2 rings (SSSR count). The van der Waals surface area contributed by atoms with E-state index in [0.717, 1.165) is 17.5 Å². The largest absolute Gasteiger partial charge is 0.471 e. The van der Waals surface area contributed by atoms with Crippen LogP contribution in [0.3, 0.4) is 0 Å². The van der Waals surface area contributed by atoms with Crippen molar-refractivity contribution in [1.82, 2.24) is 4.90 Å². The Hall–Kier alpha value is -2.11. The van der Waals surface area contributed by atoms with Crippen molar-refractivity contribution in [2.45, 2.75) is 19.9 Å². The molecule has 110 valence electrons. The zero-order chi connectivity index (χ0) is 15.0. The average Bonchev–Trinajstić information content (AvgIpc) is 2.47. The van der Waals surface area contributed by atoms with Crippen molar-refractivity contribution in [3.63, 3.8) is 0 Å². The molecule has 1 aliphatic rings. The molecule has 0 spiro atoms. The summed E-state index contributed by atoms with van der Waals surface area (Å²) in [7, 11) is 1.31. The first-order chi connectivity index (χ1) is 9.62. The van der Waals surface area contributed by atoms with Crippen molar-refractivity contribution in [2.75, 3.05) is 20.3 Å². The van der Waals surface area contributed by atoms with E-state index in [2.05, 4.69) is 4.74 Å². The molecule has 0 bridgehead atoms. The topological polar surface area (TPSA) is 55.8 Å². The lowest BCUT2D eigenvalue weighted by Gasteiger charge is -2.27. The van der Waals surface area contributed by atoms with Gasteiger partial charge in [0.05, 0.1) is 13.7 Å². The molecule has 1 aliphatic heterocycles. The molecule has 1 heterocycles. The van der Waals surface area contributed by atoms with E-state index >= 15 is 0 Å². The van der Waals surface area contributed by atoms with E-state index in [-0.39, 0.29) is 11.9 Å². The smallest absolute Gasteiger partial charge is 0.410 e. The van der Waals surface area contributed by atoms with Crippen molar-refractivity contribution in [1.29, 1.82) is 0 Å². The molecule has 0 atom stereocenters. The predicted molar refractivity (Wildman–Crippen MR) is 70.6 cm³/mol. The van der Waals surface area contributed by atoms with Crippen LogP contribution in [0.1, 0.15) is 18.1 Å². The third-order valence-corrected chi connectivity index (χ3v) is 2.80. The van der Waals surface area contributed by atoms with Gasteiger partial charge in [-0.05, 0) is 36.6 Å². The van der Waals surface area contributed by atoms with Crippen LogP contribution >= 0.6 is 0 Å². The van der Waals surface area contributed by atoms with Crippen LogP contribution in [0, 0.1) is 5.82 Å². The maximum atomic E-state index is 13.0. The molecule has 1 amide bonds. The highest BCUT2D eigenvalue weighted by Crippen LogP contribution is 2.20. The van der Waals surface area contributed by atoms with Gasteiger partial charge in [-0.3, -0.25) is 4.79 Å². The van der Waals surface area contributed by atoms with Crippen molar-refractivity contribution >= 4 is 12.6 Å². The SMILES string of the molecule is CCOC(=O)N1CCc2ccc(F)cc2C1.COC=O. The Morgan fingerprint density at radius 3 is 2.75 bits per heavy atom. The summed E-state index contributed by atoms with van der Waals surface area (Å²) in [5, 5.41) is 0. The van der Waals surface area contributed by atoms with Crippen LogP contribution < -0.4 is 0 Å².